The number of nitro benzene ring substituents is 1. The zero-order chi connectivity index (χ0) is 17.8. The molecule has 0 saturated heterocycles. The minimum atomic E-state index is -0.505. The van der Waals surface area contributed by atoms with Crippen molar-refractivity contribution in [2.24, 2.45) is 10.7 Å². The molecule has 0 saturated carbocycles. The van der Waals surface area contributed by atoms with E-state index in [1.807, 2.05) is 6.07 Å². The molecule has 0 atom stereocenters. The lowest BCUT2D eigenvalue weighted by atomic mass is 10.1. The van der Waals surface area contributed by atoms with Crippen LogP contribution in [0.1, 0.15) is 5.56 Å². The average Bonchev–Trinajstić information content (AvgIpc) is 2.97. The highest BCUT2D eigenvalue weighted by Gasteiger charge is 2.09. The van der Waals surface area contributed by atoms with Crippen LogP contribution >= 0.6 is 0 Å². The number of fused-ring (bicyclic) bond motifs is 1. The number of carbonyl (C=O) groups is 1. The number of guanidine groups is 1. The molecule has 1 amide bonds. The molecule has 126 valence electrons. The van der Waals surface area contributed by atoms with E-state index in [9.17, 15) is 14.9 Å². The van der Waals surface area contributed by atoms with Crippen molar-refractivity contribution in [2.45, 2.75) is 6.42 Å². The van der Waals surface area contributed by atoms with Crippen molar-refractivity contribution in [3.63, 3.8) is 0 Å². The van der Waals surface area contributed by atoms with E-state index in [-0.39, 0.29) is 24.1 Å². The van der Waals surface area contributed by atoms with Crippen molar-refractivity contribution in [1.29, 1.82) is 0 Å². The van der Waals surface area contributed by atoms with Crippen LogP contribution in [-0.4, -0.2) is 21.8 Å². The molecule has 9 heteroatoms. The number of amides is 1. The molecule has 3 N–H and O–H groups in total. The third-order valence-electron chi connectivity index (χ3n) is 3.28. The normalized spacial score (nSPS) is 11.4. The maximum atomic E-state index is 11.9. The number of nitrogens with two attached hydrogens (primary N) is 1. The smallest absolute Gasteiger partial charge is 0.325 e. The number of para-hydroxylation sites is 2. The number of non-ortho nitro benzene ring substituents is 1. The summed E-state index contributed by atoms with van der Waals surface area (Å²) in [5.74, 6) is -0.565. The van der Waals surface area contributed by atoms with Gasteiger partial charge in [-0.1, -0.05) is 24.3 Å². The Morgan fingerprint density at radius 3 is 2.64 bits per heavy atom. The van der Waals surface area contributed by atoms with Gasteiger partial charge in [0, 0.05) is 12.1 Å². The first-order chi connectivity index (χ1) is 12.0. The summed E-state index contributed by atoms with van der Waals surface area (Å²) < 4.78 is 5.38. The highest BCUT2D eigenvalue weighted by atomic mass is 16.6. The fourth-order valence-electron chi connectivity index (χ4n) is 2.15. The van der Waals surface area contributed by atoms with Gasteiger partial charge in [0.05, 0.1) is 11.3 Å². The maximum Gasteiger partial charge on any atom is 0.325 e. The zero-order valence-electron chi connectivity index (χ0n) is 12.9. The quantitative estimate of drug-likeness (QED) is 0.323. The molecule has 0 unspecified atom stereocenters. The van der Waals surface area contributed by atoms with Crippen LogP contribution in [0.5, 0.6) is 0 Å². The van der Waals surface area contributed by atoms with E-state index in [2.05, 4.69) is 15.3 Å². The predicted octanol–water partition coefficient (Wildman–Crippen LogP) is 2.04. The topological polar surface area (TPSA) is 137 Å². The molecule has 25 heavy (non-hydrogen) atoms. The number of carbonyl (C=O) groups excluding carboxylic acids is 1. The Bertz CT molecular complexity index is 929. The van der Waals surface area contributed by atoms with E-state index in [0.717, 1.165) is 0 Å². The van der Waals surface area contributed by atoms with Gasteiger partial charge in [-0.15, -0.1) is 0 Å². The van der Waals surface area contributed by atoms with Crippen LogP contribution in [0.3, 0.4) is 0 Å². The molecule has 0 bridgehead atoms. The third-order valence-corrected chi connectivity index (χ3v) is 3.28. The molecule has 0 aliphatic rings. The fraction of sp³-hybridized carbons (Fsp3) is 0.0625. The summed E-state index contributed by atoms with van der Waals surface area (Å²) in [6.45, 7) is 0. The number of hydrogen-bond donors (Lipinski definition) is 2. The fourth-order valence-corrected chi connectivity index (χ4v) is 2.15. The van der Waals surface area contributed by atoms with Crippen LogP contribution < -0.4 is 11.1 Å². The van der Waals surface area contributed by atoms with Crippen molar-refractivity contribution in [1.82, 2.24) is 10.3 Å². The number of nitrogens with zero attached hydrogens (tertiary/aromatic N) is 3. The second-order valence-electron chi connectivity index (χ2n) is 5.11. The van der Waals surface area contributed by atoms with Gasteiger partial charge in [0.1, 0.15) is 5.52 Å². The van der Waals surface area contributed by atoms with Crippen molar-refractivity contribution < 1.29 is 14.1 Å². The van der Waals surface area contributed by atoms with Crippen molar-refractivity contribution in [3.8, 4) is 0 Å². The van der Waals surface area contributed by atoms with Gasteiger partial charge in [-0.05, 0) is 17.7 Å². The Morgan fingerprint density at radius 2 is 1.96 bits per heavy atom. The summed E-state index contributed by atoms with van der Waals surface area (Å²) in [4.78, 5) is 30.1. The third kappa shape index (κ3) is 3.96. The second kappa shape index (κ2) is 6.79. The summed E-state index contributed by atoms with van der Waals surface area (Å²) in [6, 6.07) is 12.8. The molecule has 0 aliphatic heterocycles. The molecule has 0 fully saturated rings. The molecular weight excluding hydrogens is 326 g/mol. The minimum absolute atomic E-state index is 0.00176. The summed E-state index contributed by atoms with van der Waals surface area (Å²) in [6.07, 6.45) is 0.00176. The first kappa shape index (κ1) is 16.1. The van der Waals surface area contributed by atoms with Gasteiger partial charge in [0.2, 0.25) is 11.9 Å². The van der Waals surface area contributed by atoms with Crippen LogP contribution in [0.2, 0.25) is 0 Å². The number of oxazole rings is 1. The maximum absolute atomic E-state index is 11.9. The van der Waals surface area contributed by atoms with Crippen LogP contribution in [0.4, 0.5) is 11.7 Å². The lowest BCUT2D eigenvalue weighted by Gasteiger charge is -2.03. The van der Waals surface area contributed by atoms with Gasteiger partial charge in [-0.2, -0.15) is 9.98 Å². The number of aliphatic imine (C=N–C) groups is 1. The van der Waals surface area contributed by atoms with Gasteiger partial charge in [0.15, 0.2) is 5.58 Å². The molecule has 1 heterocycles. The monoisotopic (exact) mass is 339 g/mol. The molecule has 0 spiro atoms. The Labute approximate surface area is 141 Å². The van der Waals surface area contributed by atoms with Gasteiger partial charge < -0.3 is 10.2 Å². The summed E-state index contributed by atoms with van der Waals surface area (Å²) >= 11 is 0. The lowest BCUT2D eigenvalue weighted by Crippen LogP contribution is -2.37. The van der Waals surface area contributed by atoms with Gasteiger partial charge in [-0.25, -0.2) is 0 Å². The Hall–Kier alpha value is -3.75. The number of hydrogen-bond acceptors (Lipinski definition) is 6. The molecule has 0 aliphatic carbocycles. The molecule has 3 aromatic rings. The van der Waals surface area contributed by atoms with Gasteiger partial charge >= 0.3 is 6.01 Å². The van der Waals surface area contributed by atoms with Crippen LogP contribution in [0, 0.1) is 10.1 Å². The highest BCUT2D eigenvalue weighted by Crippen LogP contribution is 2.20. The number of aromatic nitrogens is 1. The molecule has 3 rings (SSSR count). The van der Waals surface area contributed by atoms with Crippen molar-refractivity contribution in [3.05, 3.63) is 64.2 Å². The number of nitrogens with one attached hydrogen (secondary N) is 1. The number of benzene rings is 2. The van der Waals surface area contributed by atoms with Crippen LogP contribution in [0.15, 0.2) is 57.9 Å². The molecule has 0 radical (unpaired) electrons. The van der Waals surface area contributed by atoms with Crippen molar-refractivity contribution in [2.75, 3.05) is 0 Å². The van der Waals surface area contributed by atoms with Gasteiger partial charge in [-0.3, -0.25) is 20.2 Å². The summed E-state index contributed by atoms with van der Waals surface area (Å²) in [5, 5.41) is 13.0. The molecule has 9 nitrogen and oxygen atoms in total. The first-order valence-corrected chi connectivity index (χ1v) is 7.24. The largest absolute Gasteiger partial charge is 0.422 e. The Morgan fingerprint density at radius 1 is 1.24 bits per heavy atom. The van der Waals surface area contributed by atoms with E-state index in [1.165, 1.54) is 24.3 Å². The van der Waals surface area contributed by atoms with Crippen LogP contribution in [0.25, 0.3) is 11.1 Å². The number of nitro groups is 1. The van der Waals surface area contributed by atoms with E-state index >= 15 is 0 Å². The zero-order valence-corrected chi connectivity index (χ0v) is 12.9. The molecule has 2 aromatic carbocycles. The van der Waals surface area contributed by atoms with E-state index in [0.29, 0.717) is 16.7 Å². The molecular formula is C16H13N5O4. The predicted molar refractivity (Wildman–Crippen MR) is 90.2 cm³/mol. The van der Waals surface area contributed by atoms with E-state index < -0.39 is 10.8 Å². The SMILES string of the molecule is NC(=Nc1nc2ccccc2o1)NC(=O)Cc1ccc([N+](=O)[O-])cc1. The first-order valence-electron chi connectivity index (χ1n) is 7.24. The minimum Gasteiger partial charge on any atom is -0.422 e. The van der Waals surface area contributed by atoms with Crippen LogP contribution in [-0.2, 0) is 11.2 Å². The van der Waals surface area contributed by atoms with Gasteiger partial charge in [0.25, 0.3) is 5.69 Å². The Balaban J connectivity index is 1.64. The standard InChI is InChI=1S/C16H13N5O4/c17-15(20-16-18-12-3-1-2-4-13(12)25-16)19-14(22)9-10-5-7-11(8-6-10)21(23)24/h1-8H,9H2,(H3,17,18,19,20,22). The average molecular weight is 339 g/mol. The Kier molecular flexibility index (Phi) is 4.38. The van der Waals surface area contributed by atoms with E-state index in [4.69, 9.17) is 10.2 Å². The van der Waals surface area contributed by atoms with Crippen molar-refractivity contribution >= 4 is 34.7 Å². The summed E-state index contributed by atoms with van der Waals surface area (Å²) in [7, 11) is 0. The second-order valence-corrected chi connectivity index (χ2v) is 5.11. The van der Waals surface area contributed by atoms with E-state index in [1.54, 1.807) is 18.2 Å². The number of rotatable bonds is 4. The highest BCUT2D eigenvalue weighted by molar-refractivity contribution is 5.97. The summed E-state index contributed by atoms with van der Waals surface area (Å²) in [5.41, 5.74) is 7.44. The lowest BCUT2D eigenvalue weighted by molar-refractivity contribution is -0.384. The molecule has 1 aromatic heterocycles.